The van der Waals surface area contributed by atoms with Crippen molar-refractivity contribution < 1.29 is 19.1 Å². The van der Waals surface area contributed by atoms with E-state index in [1.54, 1.807) is 12.1 Å². The second kappa shape index (κ2) is 8.98. The van der Waals surface area contributed by atoms with E-state index in [1.807, 2.05) is 55.5 Å². The van der Waals surface area contributed by atoms with Gasteiger partial charge in [-0.3, -0.25) is 4.79 Å². The fourth-order valence-electron chi connectivity index (χ4n) is 2.73. The quantitative estimate of drug-likeness (QED) is 0.707. The SMILES string of the molecule is CC[C@H](Oc1ccccc1)C(=O)OCC(=O)N1CCC(c2ccccc2)=N1. The molecule has 6 nitrogen and oxygen atoms in total. The number of hydrogen-bond acceptors (Lipinski definition) is 5. The molecule has 140 valence electrons. The van der Waals surface area contributed by atoms with Gasteiger partial charge < -0.3 is 9.47 Å². The molecule has 0 radical (unpaired) electrons. The maximum absolute atomic E-state index is 12.3. The molecule has 1 aliphatic heterocycles. The van der Waals surface area contributed by atoms with Gasteiger partial charge >= 0.3 is 5.97 Å². The van der Waals surface area contributed by atoms with Crippen molar-refractivity contribution in [1.29, 1.82) is 0 Å². The summed E-state index contributed by atoms with van der Waals surface area (Å²) >= 11 is 0. The molecule has 0 spiro atoms. The highest BCUT2D eigenvalue weighted by Crippen LogP contribution is 2.15. The first kappa shape index (κ1) is 18.6. The molecule has 3 rings (SSSR count). The normalized spacial score (nSPS) is 14.4. The summed E-state index contributed by atoms with van der Waals surface area (Å²) in [5, 5.41) is 5.70. The van der Waals surface area contributed by atoms with E-state index < -0.39 is 12.1 Å². The molecule has 0 unspecified atom stereocenters. The Bertz CT molecular complexity index is 805. The van der Waals surface area contributed by atoms with Crippen molar-refractivity contribution in [3.05, 3.63) is 66.2 Å². The van der Waals surface area contributed by atoms with Gasteiger partial charge in [0.2, 0.25) is 0 Å². The molecule has 0 fully saturated rings. The summed E-state index contributed by atoms with van der Waals surface area (Å²) in [5.41, 5.74) is 1.85. The Morgan fingerprint density at radius 1 is 1.07 bits per heavy atom. The lowest BCUT2D eigenvalue weighted by atomic mass is 10.1. The van der Waals surface area contributed by atoms with Crippen LogP contribution < -0.4 is 4.74 Å². The first-order valence-corrected chi connectivity index (χ1v) is 8.99. The van der Waals surface area contributed by atoms with Crippen molar-refractivity contribution in [1.82, 2.24) is 5.01 Å². The number of rotatable bonds is 7. The lowest BCUT2D eigenvalue weighted by Crippen LogP contribution is -2.34. The lowest BCUT2D eigenvalue weighted by molar-refractivity contribution is -0.158. The molecule has 1 aliphatic rings. The first-order valence-electron chi connectivity index (χ1n) is 8.99. The maximum Gasteiger partial charge on any atom is 0.347 e. The minimum absolute atomic E-state index is 0.344. The molecular formula is C21H22N2O4. The van der Waals surface area contributed by atoms with Gasteiger partial charge in [-0.05, 0) is 24.1 Å². The zero-order valence-electron chi connectivity index (χ0n) is 15.2. The molecule has 0 aromatic heterocycles. The van der Waals surface area contributed by atoms with Crippen LogP contribution in [0.4, 0.5) is 0 Å². The maximum atomic E-state index is 12.3. The minimum atomic E-state index is -0.748. The van der Waals surface area contributed by atoms with Gasteiger partial charge in [0.15, 0.2) is 12.7 Å². The summed E-state index contributed by atoms with van der Waals surface area (Å²) in [7, 11) is 0. The predicted molar refractivity (Wildman–Crippen MR) is 101 cm³/mol. The molecule has 0 aliphatic carbocycles. The highest BCUT2D eigenvalue weighted by atomic mass is 16.6. The van der Waals surface area contributed by atoms with E-state index >= 15 is 0 Å². The van der Waals surface area contributed by atoms with Gasteiger partial charge in [0.05, 0.1) is 12.3 Å². The lowest BCUT2D eigenvalue weighted by Gasteiger charge is -2.17. The number of carbonyl (C=O) groups excluding carboxylic acids is 2. The number of esters is 1. The molecule has 1 amide bonds. The van der Waals surface area contributed by atoms with Crippen LogP contribution in [0.1, 0.15) is 25.3 Å². The van der Waals surface area contributed by atoms with Crippen molar-refractivity contribution >= 4 is 17.6 Å². The van der Waals surface area contributed by atoms with Gasteiger partial charge in [-0.15, -0.1) is 0 Å². The van der Waals surface area contributed by atoms with Crippen LogP contribution in [0.3, 0.4) is 0 Å². The van der Waals surface area contributed by atoms with Crippen molar-refractivity contribution in [2.45, 2.75) is 25.9 Å². The van der Waals surface area contributed by atoms with E-state index in [1.165, 1.54) is 5.01 Å². The molecule has 6 heteroatoms. The van der Waals surface area contributed by atoms with Crippen LogP contribution in [0.5, 0.6) is 5.75 Å². The van der Waals surface area contributed by atoms with E-state index in [0.29, 0.717) is 25.1 Å². The van der Waals surface area contributed by atoms with Gasteiger partial charge in [-0.25, -0.2) is 9.80 Å². The number of hydrazone groups is 1. The van der Waals surface area contributed by atoms with Crippen LogP contribution >= 0.6 is 0 Å². The summed E-state index contributed by atoms with van der Waals surface area (Å²) in [6, 6.07) is 18.8. The Morgan fingerprint density at radius 3 is 2.41 bits per heavy atom. The zero-order valence-corrected chi connectivity index (χ0v) is 15.2. The van der Waals surface area contributed by atoms with Crippen LogP contribution in [0.25, 0.3) is 0 Å². The number of nitrogens with zero attached hydrogens (tertiary/aromatic N) is 2. The monoisotopic (exact) mass is 366 g/mol. The second-order valence-corrected chi connectivity index (χ2v) is 6.12. The molecule has 2 aromatic rings. The Balaban J connectivity index is 1.52. The van der Waals surface area contributed by atoms with E-state index in [2.05, 4.69) is 5.10 Å². The standard InChI is InChI=1S/C21H22N2O4/c1-2-19(27-17-11-7-4-8-12-17)21(25)26-15-20(24)23-14-13-18(22-23)16-9-5-3-6-10-16/h3-12,19H,2,13-15H2,1H3/t19-/m0/s1. The number of para-hydroxylation sites is 1. The van der Waals surface area contributed by atoms with Crippen molar-refractivity contribution in [2.75, 3.05) is 13.2 Å². The number of hydrogen-bond donors (Lipinski definition) is 0. The predicted octanol–water partition coefficient (Wildman–Crippen LogP) is 3.02. The largest absolute Gasteiger partial charge is 0.479 e. The van der Waals surface area contributed by atoms with Crippen molar-refractivity contribution in [2.24, 2.45) is 5.10 Å². The Hall–Kier alpha value is -3.15. The smallest absolute Gasteiger partial charge is 0.347 e. The average Bonchev–Trinajstić information content (AvgIpc) is 3.22. The summed E-state index contributed by atoms with van der Waals surface area (Å²) in [4.78, 5) is 24.5. The molecule has 27 heavy (non-hydrogen) atoms. The van der Waals surface area contributed by atoms with E-state index in [0.717, 1.165) is 11.3 Å². The summed E-state index contributed by atoms with van der Waals surface area (Å²) in [5.74, 6) is -0.311. The summed E-state index contributed by atoms with van der Waals surface area (Å²) in [6.07, 6.45) is 0.377. The Morgan fingerprint density at radius 2 is 1.74 bits per heavy atom. The van der Waals surface area contributed by atoms with Crippen molar-refractivity contribution in [3.8, 4) is 5.75 Å². The third-order valence-corrected chi connectivity index (χ3v) is 4.19. The van der Waals surface area contributed by atoms with E-state index in [-0.39, 0.29) is 12.5 Å². The van der Waals surface area contributed by atoms with Gasteiger partial charge in [-0.2, -0.15) is 5.10 Å². The zero-order chi connectivity index (χ0) is 19.1. The molecular weight excluding hydrogens is 344 g/mol. The van der Waals surface area contributed by atoms with Gasteiger partial charge in [0.1, 0.15) is 5.75 Å². The Labute approximate surface area is 158 Å². The van der Waals surface area contributed by atoms with Crippen molar-refractivity contribution in [3.63, 3.8) is 0 Å². The van der Waals surface area contributed by atoms with E-state index in [4.69, 9.17) is 9.47 Å². The second-order valence-electron chi connectivity index (χ2n) is 6.12. The minimum Gasteiger partial charge on any atom is -0.479 e. The molecule has 0 bridgehead atoms. The van der Waals surface area contributed by atoms with Crippen LogP contribution in [-0.2, 0) is 14.3 Å². The van der Waals surface area contributed by atoms with Crippen LogP contribution in [-0.4, -0.2) is 41.9 Å². The molecule has 2 aromatic carbocycles. The number of amides is 1. The third kappa shape index (κ3) is 4.94. The summed E-state index contributed by atoms with van der Waals surface area (Å²) in [6.45, 7) is 1.96. The molecule has 0 saturated carbocycles. The van der Waals surface area contributed by atoms with Crippen LogP contribution in [0.15, 0.2) is 65.8 Å². The van der Waals surface area contributed by atoms with Crippen LogP contribution in [0.2, 0.25) is 0 Å². The van der Waals surface area contributed by atoms with Crippen LogP contribution in [0, 0.1) is 0 Å². The fourth-order valence-corrected chi connectivity index (χ4v) is 2.73. The third-order valence-electron chi connectivity index (χ3n) is 4.19. The van der Waals surface area contributed by atoms with Gasteiger partial charge in [0.25, 0.3) is 5.91 Å². The Kier molecular flexibility index (Phi) is 6.20. The van der Waals surface area contributed by atoms with E-state index in [9.17, 15) is 9.59 Å². The molecule has 1 atom stereocenters. The number of benzene rings is 2. The molecule has 1 heterocycles. The van der Waals surface area contributed by atoms with Gasteiger partial charge in [0, 0.05) is 6.42 Å². The summed E-state index contributed by atoms with van der Waals surface area (Å²) < 4.78 is 10.8. The number of ether oxygens (including phenoxy) is 2. The highest BCUT2D eigenvalue weighted by molar-refractivity contribution is 6.02. The fraction of sp³-hybridized carbons (Fsp3) is 0.286. The highest BCUT2D eigenvalue weighted by Gasteiger charge is 2.25. The molecule has 0 N–H and O–H groups in total. The average molecular weight is 366 g/mol. The molecule has 0 saturated heterocycles. The topological polar surface area (TPSA) is 68.2 Å². The first-order chi connectivity index (χ1) is 13.2. The van der Waals surface area contributed by atoms with Gasteiger partial charge in [-0.1, -0.05) is 55.5 Å². The number of carbonyl (C=O) groups is 2.